The van der Waals surface area contributed by atoms with Crippen molar-refractivity contribution in [3.63, 3.8) is 0 Å². The van der Waals surface area contributed by atoms with E-state index in [-0.39, 0.29) is 16.7 Å². The van der Waals surface area contributed by atoms with Crippen molar-refractivity contribution in [3.8, 4) is 0 Å². The Hall–Kier alpha value is -1.40. The normalized spacial score (nSPS) is 12.2. The van der Waals surface area contributed by atoms with Crippen molar-refractivity contribution in [1.82, 2.24) is 14.0 Å². The van der Waals surface area contributed by atoms with Crippen LogP contribution in [0.5, 0.6) is 0 Å². The molecule has 108 valence electrons. The summed E-state index contributed by atoms with van der Waals surface area (Å²) in [6, 6.07) is 1.51. The monoisotopic (exact) mass is 268 g/mol. The summed E-state index contributed by atoms with van der Waals surface area (Å²) < 4.78 is 2.61. The van der Waals surface area contributed by atoms with Crippen LogP contribution in [0.2, 0.25) is 0 Å². The number of nitrogens with zero attached hydrogens (tertiary/aromatic N) is 3. The Labute approximate surface area is 113 Å². The Morgan fingerprint density at radius 1 is 1.26 bits per heavy atom. The molecule has 0 spiro atoms. The van der Waals surface area contributed by atoms with Gasteiger partial charge in [0.15, 0.2) is 0 Å². The van der Waals surface area contributed by atoms with Crippen LogP contribution in [0, 0.1) is 5.41 Å². The quantitative estimate of drug-likeness (QED) is 0.781. The van der Waals surface area contributed by atoms with E-state index in [1.165, 1.54) is 17.7 Å². The van der Waals surface area contributed by atoms with Crippen LogP contribution >= 0.6 is 0 Å². The van der Waals surface area contributed by atoms with Gasteiger partial charge in [-0.25, -0.2) is 4.79 Å². The zero-order valence-electron chi connectivity index (χ0n) is 12.4. The van der Waals surface area contributed by atoms with E-state index in [0.717, 1.165) is 11.1 Å². The van der Waals surface area contributed by atoms with Gasteiger partial charge in [0.2, 0.25) is 0 Å². The van der Waals surface area contributed by atoms with Crippen LogP contribution in [-0.2, 0) is 20.6 Å². The second-order valence-electron chi connectivity index (χ2n) is 5.92. The first kappa shape index (κ1) is 15.7. The highest BCUT2D eigenvalue weighted by molar-refractivity contribution is 5.02. The fraction of sp³-hybridized carbons (Fsp3) is 0.692. The first-order chi connectivity index (χ1) is 8.68. The van der Waals surface area contributed by atoms with Crippen LogP contribution in [0.25, 0.3) is 0 Å². The molecule has 0 bridgehead atoms. The van der Waals surface area contributed by atoms with Crippen molar-refractivity contribution in [3.05, 3.63) is 32.6 Å². The van der Waals surface area contributed by atoms with Gasteiger partial charge in [-0.3, -0.25) is 13.9 Å². The Morgan fingerprint density at radius 3 is 2.37 bits per heavy atom. The van der Waals surface area contributed by atoms with Gasteiger partial charge in [-0.05, 0) is 19.0 Å². The molecule has 1 heterocycles. The minimum absolute atomic E-state index is 0.00730. The summed E-state index contributed by atoms with van der Waals surface area (Å²) in [5.74, 6) is 0. The van der Waals surface area contributed by atoms with Crippen molar-refractivity contribution in [2.75, 3.05) is 20.1 Å². The van der Waals surface area contributed by atoms with E-state index in [0.29, 0.717) is 18.8 Å². The van der Waals surface area contributed by atoms with Crippen molar-refractivity contribution in [2.24, 2.45) is 25.2 Å². The minimum Gasteiger partial charge on any atom is -0.330 e. The molecule has 0 aliphatic heterocycles. The average Bonchev–Trinajstić information content (AvgIpc) is 2.32. The summed E-state index contributed by atoms with van der Waals surface area (Å²) in [5.41, 5.74) is 5.86. The highest BCUT2D eigenvalue weighted by Crippen LogP contribution is 2.14. The summed E-state index contributed by atoms with van der Waals surface area (Å²) in [6.45, 7) is 6.12. The predicted molar refractivity (Wildman–Crippen MR) is 76.1 cm³/mol. The van der Waals surface area contributed by atoms with Crippen molar-refractivity contribution in [1.29, 1.82) is 0 Å². The topological polar surface area (TPSA) is 73.3 Å². The fourth-order valence-corrected chi connectivity index (χ4v) is 2.06. The fourth-order valence-electron chi connectivity index (χ4n) is 2.06. The third-order valence-corrected chi connectivity index (χ3v) is 3.31. The second-order valence-corrected chi connectivity index (χ2v) is 5.92. The Bertz CT molecular complexity index is 557. The molecule has 0 saturated heterocycles. The third-order valence-electron chi connectivity index (χ3n) is 3.31. The van der Waals surface area contributed by atoms with Gasteiger partial charge in [0.25, 0.3) is 5.56 Å². The molecular weight excluding hydrogens is 244 g/mol. The van der Waals surface area contributed by atoms with E-state index in [1.54, 1.807) is 7.05 Å². The first-order valence-corrected chi connectivity index (χ1v) is 6.32. The lowest BCUT2D eigenvalue weighted by Crippen LogP contribution is -2.41. The smallest absolute Gasteiger partial charge is 0.330 e. The van der Waals surface area contributed by atoms with Gasteiger partial charge >= 0.3 is 5.69 Å². The molecule has 1 aromatic rings. The lowest BCUT2D eigenvalue weighted by Gasteiger charge is -2.29. The molecule has 6 heteroatoms. The molecule has 1 aromatic heterocycles. The van der Waals surface area contributed by atoms with E-state index in [4.69, 9.17) is 5.73 Å². The van der Waals surface area contributed by atoms with Crippen LogP contribution in [0.4, 0.5) is 0 Å². The molecule has 0 saturated carbocycles. The molecule has 0 unspecified atom stereocenters. The molecule has 1 rings (SSSR count). The van der Waals surface area contributed by atoms with Crippen molar-refractivity contribution in [2.45, 2.75) is 20.4 Å². The Kier molecular flexibility index (Phi) is 4.70. The number of hydrogen-bond donors (Lipinski definition) is 1. The maximum Gasteiger partial charge on any atom is 0.330 e. The van der Waals surface area contributed by atoms with Gasteiger partial charge in [-0.1, -0.05) is 13.8 Å². The van der Waals surface area contributed by atoms with Crippen LogP contribution in [0.15, 0.2) is 15.7 Å². The highest BCUT2D eigenvalue weighted by Gasteiger charge is 2.19. The molecule has 0 fully saturated rings. The van der Waals surface area contributed by atoms with E-state index in [1.807, 2.05) is 7.05 Å². The maximum atomic E-state index is 11.8. The van der Waals surface area contributed by atoms with E-state index in [9.17, 15) is 9.59 Å². The SMILES string of the molecule is CN(Cc1cc(=O)n(C)c(=O)n1C)CC(C)(C)CN. The summed E-state index contributed by atoms with van der Waals surface area (Å²) in [7, 11) is 5.12. The summed E-state index contributed by atoms with van der Waals surface area (Å²) >= 11 is 0. The van der Waals surface area contributed by atoms with Crippen LogP contribution in [0.1, 0.15) is 19.5 Å². The van der Waals surface area contributed by atoms with E-state index >= 15 is 0 Å². The van der Waals surface area contributed by atoms with Crippen molar-refractivity contribution >= 4 is 0 Å². The van der Waals surface area contributed by atoms with E-state index < -0.39 is 0 Å². The van der Waals surface area contributed by atoms with Crippen LogP contribution in [-0.4, -0.2) is 34.2 Å². The molecule has 6 nitrogen and oxygen atoms in total. The third kappa shape index (κ3) is 3.78. The average molecular weight is 268 g/mol. The zero-order chi connectivity index (χ0) is 14.8. The molecular formula is C13H24N4O2. The number of hydrogen-bond acceptors (Lipinski definition) is 4. The first-order valence-electron chi connectivity index (χ1n) is 6.32. The van der Waals surface area contributed by atoms with Crippen molar-refractivity contribution < 1.29 is 0 Å². The minimum atomic E-state index is -0.297. The molecule has 0 aromatic carbocycles. The molecule has 0 atom stereocenters. The molecule has 0 amide bonds. The summed E-state index contributed by atoms with van der Waals surface area (Å²) in [4.78, 5) is 25.5. The molecule has 2 N–H and O–H groups in total. The second kappa shape index (κ2) is 5.71. The van der Waals surface area contributed by atoms with E-state index in [2.05, 4.69) is 18.7 Å². The van der Waals surface area contributed by atoms with Gasteiger partial charge in [0.1, 0.15) is 0 Å². The van der Waals surface area contributed by atoms with Gasteiger partial charge in [-0.15, -0.1) is 0 Å². The summed E-state index contributed by atoms with van der Waals surface area (Å²) in [5, 5.41) is 0. The highest BCUT2D eigenvalue weighted by atomic mass is 16.2. The van der Waals surface area contributed by atoms with Gasteiger partial charge < -0.3 is 10.6 Å². The Morgan fingerprint density at radius 2 is 1.84 bits per heavy atom. The lowest BCUT2D eigenvalue weighted by molar-refractivity contribution is 0.206. The number of rotatable bonds is 5. The van der Waals surface area contributed by atoms with Gasteiger partial charge in [-0.2, -0.15) is 0 Å². The zero-order valence-corrected chi connectivity index (χ0v) is 12.4. The van der Waals surface area contributed by atoms with Gasteiger partial charge in [0.05, 0.1) is 0 Å². The largest absolute Gasteiger partial charge is 0.330 e. The molecule has 0 radical (unpaired) electrons. The van der Waals surface area contributed by atoms with Crippen LogP contribution < -0.4 is 17.0 Å². The molecule has 0 aliphatic rings. The Balaban J connectivity index is 2.95. The predicted octanol–water partition coefficient (Wildman–Crippen LogP) is -0.499. The number of aromatic nitrogens is 2. The maximum absolute atomic E-state index is 11.8. The molecule has 19 heavy (non-hydrogen) atoms. The standard InChI is InChI=1S/C13H24N4O2/c1-13(2,8-14)9-15(3)7-10-6-11(18)17(5)12(19)16(10)4/h6H,7-9,14H2,1-5H3. The van der Waals surface area contributed by atoms with Gasteiger partial charge in [0, 0.05) is 38.9 Å². The lowest BCUT2D eigenvalue weighted by atomic mass is 9.93. The van der Waals surface area contributed by atoms with Crippen LogP contribution in [0.3, 0.4) is 0 Å². The molecule has 0 aliphatic carbocycles. The number of nitrogens with two attached hydrogens (primary N) is 1. The summed E-state index contributed by atoms with van der Waals surface area (Å²) in [6.07, 6.45) is 0.